The highest BCUT2D eigenvalue weighted by Gasteiger charge is 2.08. The van der Waals surface area contributed by atoms with Crippen LogP contribution < -0.4 is 15.5 Å². The summed E-state index contributed by atoms with van der Waals surface area (Å²) in [6, 6.07) is 18.1. The van der Waals surface area contributed by atoms with Gasteiger partial charge in [-0.2, -0.15) is 5.10 Å². The lowest BCUT2D eigenvalue weighted by Gasteiger charge is -2.10. The fraction of sp³-hybridized carbons (Fsp3) is 0.0952. The number of aromatic amines is 1. The van der Waals surface area contributed by atoms with Crippen LogP contribution in [0.1, 0.15) is 12.7 Å². The van der Waals surface area contributed by atoms with Crippen LogP contribution in [0.4, 0.5) is 10.5 Å². The number of hydrogen-bond donors (Lipinski definition) is 3. The number of benzene rings is 2. The molecular weight excluding hydrogens is 402 g/mol. The molecule has 2 heterocycles. The molecule has 0 spiro atoms. The lowest BCUT2D eigenvalue weighted by Crippen LogP contribution is -2.24. The van der Waals surface area contributed by atoms with Gasteiger partial charge in [-0.15, -0.1) is 0 Å². The van der Waals surface area contributed by atoms with Gasteiger partial charge < -0.3 is 19.5 Å². The highest BCUT2D eigenvalue weighted by molar-refractivity contribution is 7.99. The number of H-pyrrole nitrogens is 1. The second-order valence-corrected chi connectivity index (χ2v) is 7.06. The number of amides is 2. The minimum Gasteiger partial charge on any atom is -0.492 e. The minimum absolute atomic E-state index is 0.484. The average Bonchev–Trinajstić information content (AvgIpc) is 3.36. The summed E-state index contributed by atoms with van der Waals surface area (Å²) in [6.45, 7) is 2.39. The number of para-hydroxylation sites is 4. The molecule has 2 aromatic carbocycles. The van der Waals surface area contributed by atoms with E-state index >= 15 is 0 Å². The van der Waals surface area contributed by atoms with Crippen LogP contribution in [0, 0.1) is 0 Å². The van der Waals surface area contributed by atoms with Crippen molar-refractivity contribution in [3.8, 4) is 5.75 Å². The molecule has 0 saturated heterocycles. The van der Waals surface area contributed by atoms with Crippen molar-refractivity contribution >= 4 is 40.7 Å². The maximum atomic E-state index is 12.1. The van der Waals surface area contributed by atoms with Gasteiger partial charge in [0.2, 0.25) is 0 Å². The number of anilines is 1. The van der Waals surface area contributed by atoms with E-state index in [1.807, 2.05) is 49.4 Å². The van der Waals surface area contributed by atoms with E-state index in [0.717, 1.165) is 16.2 Å². The van der Waals surface area contributed by atoms with Crippen molar-refractivity contribution < 1.29 is 13.9 Å². The van der Waals surface area contributed by atoms with Gasteiger partial charge in [-0.3, -0.25) is 0 Å². The molecule has 0 bridgehead atoms. The van der Waals surface area contributed by atoms with Crippen molar-refractivity contribution in [2.45, 2.75) is 17.2 Å². The summed E-state index contributed by atoms with van der Waals surface area (Å²) < 4.78 is 11.2. The van der Waals surface area contributed by atoms with E-state index in [1.165, 1.54) is 18.0 Å². The number of carbonyl (C=O) groups excluding carboxylic acids is 1. The van der Waals surface area contributed by atoms with E-state index in [-0.39, 0.29) is 0 Å². The molecule has 0 radical (unpaired) electrons. The maximum Gasteiger partial charge on any atom is 0.339 e. The second-order valence-electron chi connectivity index (χ2n) is 6.07. The minimum atomic E-state index is -0.484. The van der Waals surface area contributed by atoms with Crippen LogP contribution in [-0.2, 0) is 0 Å². The van der Waals surface area contributed by atoms with Crippen molar-refractivity contribution in [1.29, 1.82) is 0 Å². The third-order valence-corrected chi connectivity index (χ3v) is 4.77. The molecule has 4 rings (SSSR count). The number of aromatic nitrogens is 2. The fourth-order valence-corrected chi connectivity index (χ4v) is 3.46. The van der Waals surface area contributed by atoms with Gasteiger partial charge in [0.15, 0.2) is 10.2 Å². The van der Waals surface area contributed by atoms with Crippen LogP contribution in [0.5, 0.6) is 5.75 Å². The van der Waals surface area contributed by atoms with Crippen molar-refractivity contribution in [1.82, 2.24) is 15.4 Å². The van der Waals surface area contributed by atoms with Crippen molar-refractivity contribution in [2.24, 2.45) is 5.10 Å². The van der Waals surface area contributed by atoms with E-state index in [9.17, 15) is 4.79 Å². The van der Waals surface area contributed by atoms with E-state index in [2.05, 4.69) is 25.8 Å². The molecule has 2 amide bonds. The molecular formula is C21H19N5O3S. The maximum absolute atomic E-state index is 12.1. The highest BCUT2D eigenvalue weighted by atomic mass is 32.2. The van der Waals surface area contributed by atoms with Crippen LogP contribution in [0.15, 0.2) is 80.4 Å². The number of urea groups is 1. The second kappa shape index (κ2) is 9.19. The standard InChI is InChI=1S/C21H19N5O3S/c1-2-28-18-10-6-5-9-17(18)23-20(27)26-22-13-14-11-12-19(29-14)30-21-24-15-7-3-4-8-16(15)25-21/h3-13H,2H2,1H3,(H,24,25)(H2,23,26,27)/b22-13+. The zero-order valence-electron chi connectivity index (χ0n) is 16.1. The number of hydrogen-bond acceptors (Lipinski definition) is 6. The summed E-state index contributed by atoms with van der Waals surface area (Å²) in [5, 5.41) is 8.00. The molecule has 9 heteroatoms. The van der Waals surface area contributed by atoms with Crippen LogP contribution >= 0.6 is 11.8 Å². The van der Waals surface area contributed by atoms with Crippen LogP contribution in [0.2, 0.25) is 0 Å². The molecule has 0 saturated carbocycles. The molecule has 0 aliphatic rings. The predicted molar refractivity (Wildman–Crippen MR) is 116 cm³/mol. The van der Waals surface area contributed by atoms with E-state index in [4.69, 9.17) is 9.15 Å². The van der Waals surface area contributed by atoms with E-state index < -0.39 is 6.03 Å². The SMILES string of the molecule is CCOc1ccccc1NC(=O)N/N=C/c1ccc(Sc2nc3ccccc3[nH]2)o1. The number of nitrogens with one attached hydrogen (secondary N) is 3. The first-order chi connectivity index (χ1) is 14.7. The monoisotopic (exact) mass is 421 g/mol. The van der Waals surface area contributed by atoms with Gasteiger partial charge in [-0.05, 0) is 55.1 Å². The number of nitrogens with zero attached hydrogens (tertiary/aromatic N) is 2. The van der Waals surface area contributed by atoms with Gasteiger partial charge in [-0.25, -0.2) is 15.2 Å². The van der Waals surface area contributed by atoms with E-state index in [1.54, 1.807) is 18.2 Å². The van der Waals surface area contributed by atoms with Crippen molar-refractivity contribution in [2.75, 3.05) is 11.9 Å². The molecule has 0 aliphatic carbocycles. The lowest BCUT2D eigenvalue weighted by atomic mass is 10.3. The Labute approximate surface area is 176 Å². The van der Waals surface area contributed by atoms with Crippen molar-refractivity contribution in [3.63, 3.8) is 0 Å². The first-order valence-electron chi connectivity index (χ1n) is 9.25. The number of rotatable bonds is 7. The first-order valence-corrected chi connectivity index (χ1v) is 10.1. The summed E-state index contributed by atoms with van der Waals surface area (Å²) in [5.41, 5.74) is 4.83. The summed E-state index contributed by atoms with van der Waals surface area (Å²) in [4.78, 5) is 19.8. The molecule has 30 heavy (non-hydrogen) atoms. The molecule has 0 aliphatic heterocycles. The normalized spacial score (nSPS) is 11.1. The number of imidazole rings is 1. The Morgan fingerprint density at radius 1 is 1.20 bits per heavy atom. The Balaban J connectivity index is 1.33. The average molecular weight is 421 g/mol. The predicted octanol–water partition coefficient (Wildman–Crippen LogP) is 4.86. The number of hydrazone groups is 1. The number of furan rings is 1. The van der Waals surface area contributed by atoms with Gasteiger partial charge in [0.25, 0.3) is 0 Å². The Hall–Kier alpha value is -3.72. The topological polar surface area (TPSA) is 105 Å². The number of fused-ring (bicyclic) bond motifs is 1. The van der Waals surface area contributed by atoms with Gasteiger partial charge in [0.05, 0.1) is 29.5 Å². The van der Waals surface area contributed by atoms with E-state index in [0.29, 0.717) is 28.9 Å². The third kappa shape index (κ3) is 4.81. The quantitative estimate of drug-likeness (QED) is 0.292. The van der Waals surface area contributed by atoms with Crippen LogP contribution in [0.3, 0.4) is 0 Å². The Bertz CT molecular complexity index is 1150. The molecule has 0 atom stereocenters. The molecule has 0 fully saturated rings. The first kappa shape index (κ1) is 19.6. The van der Waals surface area contributed by atoms with Gasteiger partial charge in [0, 0.05) is 0 Å². The summed E-state index contributed by atoms with van der Waals surface area (Å²) in [5.74, 6) is 1.10. The zero-order chi connectivity index (χ0) is 20.8. The Morgan fingerprint density at radius 3 is 2.90 bits per heavy atom. The summed E-state index contributed by atoms with van der Waals surface area (Å²) in [7, 11) is 0. The largest absolute Gasteiger partial charge is 0.492 e. The fourth-order valence-electron chi connectivity index (χ4n) is 2.69. The van der Waals surface area contributed by atoms with Gasteiger partial charge in [0.1, 0.15) is 11.5 Å². The molecule has 3 N–H and O–H groups in total. The van der Waals surface area contributed by atoms with Crippen LogP contribution in [-0.4, -0.2) is 28.8 Å². The number of ether oxygens (including phenoxy) is 1. The Kier molecular flexibility index (Phi) is 6.00. The molecule has 0 unspecified atom stereocenters. The smallest absolute Gasteiger partial charge is 0.339 e. The number of carbonyl (C=O) groups is 1. The lowest BCUT2D eigenvalue weighted by molar-refractivity contribution is 0.252. The van der Waals surface area contributed by atoms with Gasteiger partial charge in [-0.1, -0.05) is 24.3 Å². The zero-order valence-corrected chi connectivity index (χ0v) is 16.9. The summed E-state index contributed by atoms with van der Waals surface area (Å²) in [6.07, 6.45) is 1.43. The van der Waals surface area contributed by atoms with Gasteiger partial charge >= 0.3 is 6.03 Å². The Morgan fingerprint density at radius 2 is 2.03 bits per heavy atom. The third-order valence-electron chi connectivity index (χ3n) is 3.96. The highest BCUT2D eigenvalue weighted by Crippen LogP contribution is 2.28. The van der Waals surface area contributed by atoms with Crippen LogP contribution in [0.25, 0.3) is 11.0 Å². The molecule has 2 aromatic heterocycles. The molecule has 4 aromatic rings. The molecule has 152 valence electrons. The molecule has 8 nitrogen and oxygen atoms in total. The van der Waals surface area contributed by atoms with Crippen molar-refractivity contribution in [3.05, 3.63) is 66.4 Å². The summed E-state index contributed by atoms with van der Waals surface area (Å²) >= 11 is 1.37.